The largest absolute Gasteiger partial charge is 0.438 e. The predicted octanol–water partition coefficient (Wildman–Crippen LogP) is 1.21. The third-order valence-corrected chi connectivity index (χ3v) is 2.06. The highest BCUT2D eigenvalue weighted by molar-refractivity contribution is 5.72. The zero-order valence-corrected chi connectivity index (χ0v) is 7.84. The molecule has 2 rings (SSSR count). The van der Waals surface area contributed by atoms with Crippen molar-refractivity contribution in [2.75, 3.05) is 0 Å². The Hall–Kier alpha value is -1.39. The Morgan fingerprint density at radius 2 is 2.14 bits per heavy atom. The molecule has 0 aliphatic heterocycles. The molecule has 2 atom stereocenters. The van der Waals surface area contributed by atoms with Crippen LogP contribution in [0.5, 0.6) is 0 Å². The van der Waals surface area contributed by atoms with Gasteiger partial charge in [0.15, 0.2) is 5.58 Å². The summed E-state index contributed by atoms with van der Waals surface area (Å²) in [6.07, 6.45) is -0.845. The third kappa shape index (κ3) is 1.49. The molecule has 0 bridgehead atoms. The molecule has 2 aromatic rings. The van der Waals surface area contributed by atoms with Crippen LogP contribution in [0.2, 0.25) is 0 Å². The van der Waals surface area contributed by atoms with E-state index < -0.39 is 6.10 Å². The molecule has 0 saturated carbocycles. The van der Waals surface area contributed by atoms with Gasteiger partial charge in [0.1, 0.15) is 11.6 Å². The number of rotatable bonds is 2. The van der Waals surface area contributed by atoms with Crippen molar-refractivity contribution in [3.63, 3.8) is 0 Å². The van der Waals surface area contributed by atoms with Gasteiger partial charge in [-0.2, -0.15) is 0 Å². The van der Waals surface area contributed by atoms with Crippen molar-refractivity contribution >= 4 is 11.1 Å². The topological polar surface area (TPSA) is 72.3 Å². The summed E-state index contributed by atoms with van der Waals surface area (Å²) in [6, 6.07) is 6.97. The van der Waals surface area contributed by atoms with Gasteiger partial charge in [-0.15, -0.1) is 0 Å². The molecule has 74 valence electrons. The van der Waals surface area contributed by atoms with Crippen LogP contribution in [0.15, 0.2) is 28.7 Å². The van der Waals surface area contributed by atoms with Gasteiger partial charge in [-0.1, -0.05) is 12.1 Å². The number of hydrogen-bond donors (Lipinski definition) is 2. The molecule has 0 amide bonds. The van der Waals surface area contributed by atoms with E-state index in [4.69, 9.17) is 10.2 Å². The van der Waals surface area contributed by atoms with E-state index in [0.717, 1.165) is 5.52 Å². The summed E-state index contributed by atoms with van der Waals surface area (Å²) >= 11 is 0. The van der Waals surface area contributed by atoms with Gasteiger partial charge in [-0.05, 0) is 19.1 Å². The Morgan fingerprint density at radius 1 is 1.43 bits per heavy atom. The predicted molar refractivity (Wildman–Crippen MR) is 52.6 cm³/mol. The Balaban J connectivity index is 2.45. The molecule has 0 spiro atoms. The minimum Gasteiger partial charge on any atom is -0.438 e. The van der Waals surface area contributed by atoms with E-state index in [1.54, 1.807) is 13.0 Å². The second kappa shape index (κ2) is 3.40. The molecular weight excluding hydrogens is 180 g/mol. The van der Waals surface area contributed by atoms with Gasteiger partial charge in [0, 0.05) is 6.04 Å². The van der Waals surface area contributed by atoms with Crippen LogP contribution in [0.25, 0.3) is 11.1 Å². The van der Waals surface area contributed by atoms with Crippen molar-refractivity contribution < 1.29 is 9.52 Å². The summed E-state index contributed by atoms with van der Waals surface area (Å²) in [5.74, 6) is 0.279. The summed E-state index contributed by atoms with van der Waals surface area (Å²) in [7, 11) is 0. The first kappa shape index (κ1) is 9.18. The van der Waals surface area contributed by atoms with Crippen molar-refractivity contribution in [3.05, 3.63) is 30.2 Å². The fourth-order valence-electron chi connectivity index (χ4n) is 1.24. The van der Waals surface area contributed by atoms with Gasteiger partial charge < -0.3 is 15.3 Å². The molecule has 1 unspecified atom stereocenters. The number of nitrogens with zero attached hydrogens (tertiary/aromatic N) is 1. The second-order valence-electron chi connectivity index (χ2n) is 3.32. The summed E-state index contributed by atoms with van der Waals surface area (Å²) in [5.41, 5.74) is 6.95. The van der Waals surface area contributed by atoms with Crippen LogP contribution >= 0.6 is 0 Å². The molecule has 0 aliphatic carbocycles. The van der Waals surface area contributed by atoms with Crippen LogP contribution in [-0.2, 0) is 0 Å². The van der Waals surface area contributed by atoms with Crippen molar-refractivity contribution in [2.24, 2.45) is 5.73 Å². The maximum absolute atomic E-state index is 9.62. The van der Waals surface area contributed by atoms with E-state index >= 15 is 0 Å². The smallest absolute Gasteiger partial charge is 0.225 e. The Kier molecular flexibility index (Phi) is 2.23. The van der Waals surface area contributed by atoms with Gasteiger partial charge in [0.2, 0.25) is 5.89 Å². The molecular formula is C10H12N2O2. The lowest BCUT2D eigenvalue weighted by Crippen LogP contribution is -2.24. The van der Waals surface area contributed by atoms with Crippen LogP contribution in [0.3, 0.4) is 0 Å². The molecule has 1 heterocycles. The summed E-state index contributed by atoms with van der Waals surface area (Å²) < 4.78 is 5.35. The SMILES string of the molecule is CC(N)[C@H](O)c1nc2ccccc2o1. The first-order valence-corrected chi connectivity index (χ1v) is 4.47. The molecule has 1 aromatic heterocycles. The minimum absolute atomic E-state index is 0.279. The monoisotopic (exact) mass is 192 g/mol. The zero-order chi connectivity index (χ0) is 10.1. The number of nitrogens with two attached hydrogens (primary N) is 1. The summed E-state index contributed by atoms with van der Waals surface area (Å²) in [5, 5.41) is 9.62. The van der Waals surface area contributed by atoms with Crippen molar-refractivity contribution in [3.8, 4) is 0 Å². The highest BCUT2D eigenvalue weighted by atomic mass is 16.4. The number of hydrogen-bond acceptors (Lipinski definition) is 4. The third-order valence-electron chi connectivity index (χ3n) is 2.06. The van der Waals surface area contributed by atoms with Gasteiger partial charge in [-0.25, -0.2) is 4.98 Å². The molecule has 1 aromatic carbocycles. The van der Waals surface area contributed by atoms with Gasteiger partial charge in [-0.3, -0.25) is 0 Å². The Bertz CT molecular complexity index is 403. The Morgan fingerprint density at radius 3 is 2.79 bits per heavy atom. The molecule has 0 radical (unpaired) electrons. The van der Waals surface area contributed by atoms with Crippen LogP contribution in [0, 0.1) is 0 Å². The average Bonchev–Trinajstić information content (AvgIpc) is 2.59. The van der Waals surface area contributed by atoms with Crippen molar-refractivity contribution in [1.29, 1.82) is 0 Å². The normalized spacial score (nSPS) is 15.6. The van der Waals surface area contributed by atoms with Crippen LogP contribution in [0.1, 0.15) is 18.9 Å². The highest BCUT2D eigenvalue weighted by Gasteiger charge is 2.18. The zero-order valence-electron chi connectivity index (χ0n) is 7.84. The number of aliphatic hydroxyl groups is 1. The maximum Gasteiger partial charge on any atom is 0.225 e. The van der Waals surface area contributed by atoms with Crippen molar-refractivity contribution in [1.82, 2.24) is 4.98 Å². The first-order chi connectivity index (χ1) is 6.68. The minimum atomic E-state index is -0.845. The van der Waals surface area contributed by atoms with Crippen LogP contribution in [-0.4, -0.2) is 16.1 Å². The number of aromatic nitrogens is 1. The van der Waals surface area contributed by atoms with E-state index in [1.165, 1.54) is 0 Å². The standard InChI is InChI=1S/C10H12N2O2/c1-6(11)9(13)10-12-7-4-2-3-5-8(7)14-10/h2-6,9,13H,11H2,1H3/t6?,9-/m0/s1. The molecule has 4 nitrogen and oxygen atoms in total. The number of benzene rings is 1. The molecule has 0 saturated heterocycles. The molecule has 0 aliphatic rings. The number of oxazole rings is 1. The number of aliphatic hydroxyl groups excluding tert-OH is 1. The lowest BCUT2D eigenvalue weighted by molar-refractivity contribution is 0.123. The van der Waals surface area contributed by atoms with Gasteiger partial charge >= 0.3 is 0 Å². The maximum atomic E-state index is 9.62. The van der Waals surface area contributed by atoms with E-state index in [9.17, 15) is 5.11 Å². The molecule has 4 heteroatoms. The highest BCUT2D eigenvalue weighted by Crippen LogP contribution is 2.20. The number of fused-ring (bicyclic) bond motifs is 1. The first-order valence-electron chi connectivity index (χ1n) is 4.47. The average molecular weight is 192 g/mol. The second-order valence-corrected chi connectivity index (χ2v) is 3.32. The van der Waals surface area contributed by atoms with Crippen LogP contribution < -0.4 is 5.73 Å². The molecule has 3 N–H and O–H groups in total. The van der Waals surface area contributed by atoms with E-state index in [2.05, 4.69) is 4.98 Å². The van der Waals surface area contributed by atoms with E-state index in [0.29, 0.717) is 5.58 Å². The molecule has 14 heavy (non-hydrogen) atoms. The lowest BCUT2D eigenvalue weighted by Gasteiger charge is -2.08. The number of para-hydroxylation sites is 2. The summed E-state index contributed by atoms with van der Waals surface area (Å²) in [6.45, 7) is 1.71. The van der Waals surface area contributed by atoms with E-state index in [-0.39, 0.29) is 11.9 Å². The van der Waals surface area contributed by atoms with Crippen molar-refractivity contribution in [2.45, 2.75) is 19.1 Å². The molecule has 0 fully saturated rings. The fraction of sp³-hybridized carbons (Fsp3) is 0.300. The van der Waals surface area contributed by atoms with Gasteiger partial charge in [0.05, 0.1) is 0 Å². The van der Waals surface area contributed by atoms with E-state index in [1.807, 2.05) is 18.2 Å². The Labute approximate surface area is 81.4 Å². The fourth-order valence-corrected chi connectivity index (χ4v) is 1.24. The van der Waals surface area contributed by atoms with Crippen LogP contribution in [0.4, 0.5) is 0 Å². The van der Waals surface area contributed by atoms with Gasteiger partial charge in [0.25, 0.3) is 0 Å². The lowest BCUT2D eigenvalue weighted by atomic mass is 10.2. The quantitative estimate of drug-likeness (QED) is 0.750. The summed E-state index contributed by atoms with van der Waals surface area (Å²) in [4.78, 5) is 4.14.